The molecular weight excluding hydrogens is 420 g/mol. The van der Waals surface area contributed by atoms with E-state index in [1.54, 1.807) is 0 Å². The van der Waals surface area contributed by atoms with Crippen LogP contribution in [0.5, 0.6) is 0 Å². The zero-order chi connectivity index (χ0) is 24.0. The van der Waals surface area contributed by atoms with Crippen molar-refractivity contribution in [1.29, 1.82) is 0 Å². The normalized spacial score (nSPS) is 28.5. The maximum atomic E-state index is 3.91. The minimum Gasteiger partial charge on any atom is -0.379 e. The molecule has 3 heteroatoms. The number of benzene rings is 2. The van der Waals surface area contributed by atoms with Gasteiger partial charge in [0, 0.05) is 32.2 Å². The van der Waals surface area contributed by atoms with E-state index in [-0.39, 0.29) is 11.1 Å². The van der Waals surface area contributed by atoms with Crippen molar-refractivity contribution in [3.05, 3.63) is 46.5 Å². The van der Waals surface area contributed by atoms with E-state index in [9.17, 15) is 0 Å². The smallest absolute Gasteiger partial charge is 0.0410 e. The Labute approximate surface area is 206 Å². The van der Waals surface area contributed by atoms with Gasteiger partial charge in [0.1, 0.15) is 0 Å². The highest BCUT2D eigenvalue weighted by Gasteiger charge is 2.35. The van der Waals surface area contributed by atoms with E-state index in [0.29, 0.717) is 11.8 Å². The molecule has 2 N–H and O–H groups in total. The third-order valence-corrected chi connectivity index (χ3v) is 9.53. The number of rotatable bonds is 6. The van der Waals surface area contributed by atoms with Crippen molar-refractivity contribution < 1.29 is 0 Å². The van der Waals surface area contributed by atoms with Gasteiger partial charge in [-0.25, -0.2) is 0 Å². The summed E-state index contributed by atoms with van der Waals surface area (Å²) in [5.41, 5.74) is 8.99. The zero-order valence-corrected chi connectivity index (χ0v) is 22.9. The Morgan fingerprint density at radius 3 is 1.45 bits per heavy atom. The molecule has 4 rings (SSSR count). The molecular formula is C30H44N2S. The van der Waals surface area contributed by atoms with E-state index < -0.39 is 0 Å². The molecule has 33 heavy (non-hydrogen) atoms. The Morgan fingerprint density at radius 1 is 0.727 bits per heavy atom. The summed E-state index contributed by atoms with van der Waals surface area (Å²) in [7, 11) is 0. The highest BCUT2D eigenvalue weighted by Crippen LogP contribution is 2.48. The molecule has 4 atom stereocenters. The van der Waals surface area contributed by atoms with Gasteiger partial charge in [-0.3, -0.25) is 0 Å². The lowest BCUT2D eigenvalue weighted by molar-refractivity contribution is 0.388. The third-order valence-electron chi connectivity index (χ3n) is 8.59. The van der Waals surface area contributed by atoms with Crippen LogP contribution in [0.2, 0.25) is 0 Å². The summed E-state index contributed by atoms with van der Waals surface area (Å²) in [6, 6.07) is 9.73. The molecule has 0 fully saturated rings. The minimum absolute atomic E-state index is 0.206. The van der Waals surface area contributed by atoms with Crippen molar-refractivity contribution in [3.8, 4) is 0 Å². The van der Waals surface area contributed by atoms with Crippen molar-refractivity contribution in [2.45, 2.75) is 127 Å². The molecule has 2 aliphatic heterocycles. The fourth-order valence-electron chi connectivity index (χ4n) is 6.01. The molecule has 0 spiro atoms. The van der Waals surface area contributed by atoms with Crippen molar-refractivity contribution >= 4 is 23.1 Å². The number of nitrogens with one attached hydrogen (secondary N) is 2. The third kappa shape index (κ3) is 4.67. The number of aryl methyl sites for hydroxylation is 2. The SMILES string of the molecule is CCC1CC(C)(CC)Nc2c(C)cc(Sc3cc(C)c4c(c3)C(CC)CC(C)(CC)N4)cc21. The summed E-state index contributed by atoms with van der Waals surface area (Å²) in [5, 5.41) is 7.81. The molecule has 0 radical (unpaired) electrons. The zero-order valence-electron chi connectivity index (χ0n) is 22.1. The van der Waals surface area contributed by atoms with E-state index in [1.165, 1.54) is 69.1 Å². The van der Waals surface area contributed by atoms with Gasteiger partial charge in [-0.05, 0) is 125 Å². The topological polar surface area (TPSA) is 24.1 Å². The predicted octanol–water partition coefficient (Wildman–Crippen LogP) is 9.41. The standard InChI is InChI=1S/C30H44N2S/c1-9-21-17-29(7,11-3)31-27-19(5)13-23(15-25(21)27)33-24-14-20(6)28-26(16-24)22(10-2)18-30(8,12-4)32-28/h13-16,21-22,31-32H,9-12,17-18H2,1-8H3. The maximum Gasteiger partial charge on any atom is 0.0410 e. The second-order valence-electron chi connectivity index (χ2n) is 11.2. The fraction of sp³-hybridized carbons (Fsp3) is 0.600. The monoisotopic (exact) mass is 464 g/mol. The molecule has 0 saturated carbocycles. The van der Waals surface area contributed by atoms with Crippen molar-refractivity contribution in [1.82, 2.24) is 0 Å². The van der Waals surface area contributed by atoms with Crippen LogP contribution in [0.4, 0.5) is 11.4 Å². The van der Waals surface area contributed by atoms with Crippen LogP contribution in [0.25, 0.3) is 0 Å². The van der Waals surface area contributed by atoms with Crippen LogP contribution in [0, 0.1) is 13.8 Å². The van der Waals surface area contributed by atoms with Gasteiger partial charge in [0.15, 0.2) is 0 Å². The average molecular weight is 465 g/mol. The Hall–Kier alpha value is -1.61. The van der Waals surface area contributed by atoms with E-state index in [4.69, 9.17) is 0 Å². The lowest BCUT2D eigenvalue weighted by atomic mass is 9.76. The van der Waals surface area contributed by atoms with Gasteiger partial charge < -0.3 is 10.6 Å². The van der Waals surface area contributed by atoms with Crippen LogP contribution >= 0.6 is 11.8 Å². The van der Waals surface area contributed by atoms with Gasteiger partial charge in [-0.2, -0.15) is 0 Å². The first kappa shape index (κ1) is 24.5. The van der Waals surface area contributed by atoms with Crippen LogP contribution < -0.4 is 10.6 Å². The van der Waals surface area contributed by atoms with Crippen LogP contribution in [-0.2, 0) is 0 Å². The minimum atomic E-state index is 0.206. The van der Waals surface area contributed by atoms with Gasteiger partial charge >= 0.3 is 0 Å². The first-order valence-corrected chi connectivity index (χ1v) is 14.0. The van der Waals surface area contributed by atoms with Gasteiger partial charge in [0.25, 0.3) is 0 Å². The van der Waals surface area contributed by atoms with E-state index in [2.05, 4.69) is 90.3 Å². The molecule has 180 valence electrons. The first-order chi connectivity index (χ1) is 15.6. The van der Waals surface area contributed by atoms with Gasteiger partial charge in [0.05, 0.1) is 0 Å². The van der Waals surface area contributed by atoms with Crippen LogP contribution in [0.1, 0.15) is 114 Å². The maximum absolute atomic E-state index is 3.91. The first-order valence-electron chi connectivity index (χ1n) is 13.2. The Morgan fingerprint density at radius 2 is 1.12 bits per heavy atom. The molecule has 0 amide bonds. The highest BCUT2D eigenvalue weighted by atomic mass is 32.2. The summed E-state index contributed by atoms with van der Waals surface area (Å²) in [6.07, 6.45) is 7.18. The molecule has 4 unspecified atom stereocenters. The summed E-state index contributed by atoms with van der Waals surface area (Å²) < 4.78 is 0. The molecule has 2 aliphatic rings. The average Bonchev–Trinajstić information content (AvgIpc) is 2.79. The van der Waals surface area contributed by atoms with Gasteiger partial charge in [0.2, 0.25) is 0 Å². The largest absolute Gasteiger partial charge is 0.379 e. The summed E-state index contributed by atoms with van der Waals surface area (Å²) >= 11 is 1.94. The number of hydrogen-bond acceptors (Lipinski definition) is 3. The summed E-state index contributed by atoms with van der Waals surface area (Å²) in [4.78, 5) is 2.75. The highest BCUT2D eigenvalue weighted by molar-refractivity contribution is 7.99. The predicted molar refractivity (Wildman–Crippen MR) is 146 cm³/mol. The fourth-order valence-corrected chi connectivity index (χ4v) is 7.12. The molecule has 0 aromatic heterocycles. The van der Waals surface area contributed by atoms with E-state index in [0.717, 1.165) is 12.8 Å². The van der Waals surface area contributed by atoms with E-state index in [1.807, 2.05) is 11.8 Å². The van der Waals surface area contributed by atoms with Crippen molar-refractivity contribution in [2.24, 2.45) is 0 Å². The van der Waals surface area contributed by atoms with Crippen molar-refractivity contribution in [3.63, 3.8) is 0 Å². The molecule has 2 heterocycles. The van der Waals surface area contributed by atoms with Gasteiger partial charge in [-0.15, -0.1) is 0 Å². The summed E-state index contributed by atoms with van der Waals surface area (Å²) in [5.74, 6) is 1.27. The second kappa shape index (κ2) is 9.21. The Bertz CT molecular complexity index is 947. The van der Waals surface area contributed by atoms with Crippen molar-refractivity contribution in [2.75, 3.05) is 10.6 Å². The second-order valence-corrected chi connectivity index (χ2v) is 12.4. The quantitative estimate of drug-likeness (QED) is 0.445. The van der Waals surface area contributed by atoms with E-state index >= 15 is 0 Å². The Balaban J connectivity index is 1.69. The Kier molecular flexibility index (Phi) is 6.84. The molecule has 0 saturated heterocycles. The molecule has 2 aromatic carbocycles. The van der Waals surface area contributed by atoms with Crippen LogP contribution in [0.15, 0.2) is 34.1 Å². The molecule has 2 nitrogen and oxygen atoms in total. The number of fused-ring (bicyclic) bond motifs is 2. The lowest BCUT2D eigenvalue weighted by Crippen LogP contribution is -2.40. The number of hydrogen-bond donors (Lipinski definition) is 2. The molecule has 0 aliphatic carbocycles. The van der Waals surface area contributed by atoms with Crippen LogP contribution in [0.3, 0.4) is 0 Å². The number of anilines is 2. The summed E-state index contributed by atoms with van der Waals surface area (Å²) in [6.45, 7) is 18.7. The van der Waals surface area contributed by atoms with Gasteiger partial charge in [-0.1, -0.05) is 39.5 Å². The molecule has 0 bridgehead atoms. The van der Waals surface area contributed by atoms with Crippen LogP contribution in [-0.4, -0.2) is 11.1 Å². The lowest BCUT2D eigenvalue weighted by Gasteiger charge is -2.42. The molecule has 2 aromatic rings.